The summed E-state index contributed by atoms with van der Waals surface area (Å²) in [6.45, 7) is 10.3. The Hall–Kier alpha value is -3.08. The van der Waals surface area contributed by atoms with Gasteiger partial charge in [-0.3, -0.25) is 24.7 Å². The summed E-state index contributed by atoms with van der Waals surface area (Å²) in [6.07, 6.45) is 3.95. The highest BCUT2D eigenvalue weighted by atomic mass is 32.1. The number of nitrogens with zero attached hydrogens (tertiary/aromatic N) is 5. The fourth-order valence-corrected chi connectivity index (χ4v) is 6.28. The topological polar surface area (TPSA) is 92.1 Å². The number of morpholine rings is 1. The van der Waals surface area contributed by atoms with Crippen LogP contribution in [-0.4, -0.2) is 73.2 Å². The molecule has 3 aromatic rings. The standard InChI is InChI=1S/C28H35N5O4S/c1-20-17-23-26(18-21(20)2)38-28(29-23)32(12-6-9-30-13-15-37-16-14-30)27(34)22-7-8-24(25(19-22)33(35)36)31-10-4-3-5-11-31/h7-8,17-19H,3-6,9-16H2,1-2H3. The average molecular weight is 538 g/mol. The van der Waals surface area contributed by atoms with Crippen LogP contribution in [0.4, 0.5) is 16.5 Å². The number of hydrogen-bond donors (Lipinski definition) is 0. The van der Waals surface area contributed by atoms with Crippen LogP contribution in [0.2, 0.25) is 0 Å². The van der Waals surface area contributed by atoms with Crippen molar-refractivity contribution in [3.05, 3.63) is 57.1 Å². The van der Waals surface area contributed by atoms with Crippen molar-refractivity contribution in [1.29, 1.82) is 0 Å². The molecule has 38 heavy (non-hydrogen) atoms. The minimum Gasteiger partial charge on any atom is -0.379 e. The van der Waals surface area contributed by atoms with E-state index in [1.165, 1.54) is 23.0 Å². The van der Waals surface area contributed by atoms with Gasteiger partial charge >= 0.3 is 0 Å². The van der Waals surface area contributed by atoms with E-state index >= 15 is 0 Å². The first kappa shape index (κ1) is 26.5. The smallest absolute Gasteiger partial charge is 0.293 e. The number of benzene rings is 2. The Morgan fingerprint density at radius 1 is 1.08 bits per heavy atom. The van der Waals surface area contributed by atoms with Gasteiger partial charge in [0.25, 0.3) is 11.6 Å². The Kier molecular flexibility index (Phi) is 8.21. The molecule has 2 fully saturated rings. The van der Waals surface area contributed by atoms with Crippen molar-refractivity contribution in [2.24, 2.45) is 0 Å². The zero-order valence-electron chi connectivity index (χ0n) is 22.1. The van der Waals surface area contributed by atoms with Gasteiger partial charge in [-0.1, -0.05) is 11.3 Å². The van der Waals surface area contributed by atoms with Gasteiger partial charge < -0.3 is 9.64 Å². The molecular weight excluding hydrogens is 502 g/mol. The molecule has 0 radical (unpaired) electrons. The molecular formula is C28H35N5O4S. The number of carbonyl (C=O) groups is 1. The summed E-state index contributed by atoms with van der Waals surface area (Å²) < 4.78 is 6.48. The van der Waals surface area contributed by atoms with Gasteiger partial charge in [-0.25, -0.2) is 4.98 Å². The highest BCUT2D eigenvalue weighted by Gasteiger charge is 2.27. The summed E-state index contributed by atoms with van der Waals surface area (Å²) >= 11 is 1.49. The van der Waals surface area contributed by atoms with Gasteiger partial charge in [-0.05, 0) is 74.9 Å². The van der Waals surface area contributed by atoms with Crippen molar-refractivity contribution in [2.45, 2.75) is 39.5 Å². The van der Waals surface area contributed by atoms with Crippen LogP contribution in [0.5, 0.6) is 0 Å². The summed E-state index contributed by atoms with van der Waals surface area (Å²) in [4.78, 5) is 36.5. The molecule has 2 saturated heterocycles. The quantitative estimate of drug-likeness (QED) is 0.289. The molecule has 2 aromatic carbocycles. The number of nitro benzene ring substituents is 1. The molecule has 2 aliphatic rings. The van der Waals surface area contributed by atoms with Gasteiger partial charge in [0, 0.05) is 50.9 Å². The number of thiazole rings is 1. The Bertz CT molecular complexity index is 1280. The molecule has 0 bridgehead atoms. The number of aryl methyl sites for hydroxylation is 2. The second-order valence-electron chi connectivity index (χ2n) is 10.2. The maximum absolute atomic E-state index is 13.9. The molecule has 10 heteroatoms. The van der Waals surface area contributed by atoms with Gasteiger partial charge in [0.05, 0.1) is 28.4 Å². The van der Waals surface area contributed by atoms with Gasteiger partial charge in [0.1, 0.15) is 5.69 Å². The van der Waals surface area contributed by atoms with E-state index in [1.54, 1.807) is 17.0 Å². The summed E-state index contributed by atoms with van der Waals surface area (Å²) in [7, 11) is 0. The van der Waals surface area contributed by atoms with E-state index in [1.807, 2.05) is 0 Å². The number of fused-ring (bicyclic) bond motifs is 1. The van der Waals surface area contributed by atoms with Crippen LogP contribution < -0.4 is 9.80 Å². The lowest BCUT2D eigenvalue weighted by atomic mass is 10.1. The van der Waals surface area contributed by atoms with Crippen LogP contribution in [0.25, 0.3) is 10.2 Å². The summed E-state index contributed by atoms with van der Waals surface area (Å²) in [5.41, 5.74) is 4.10. The normalized spacial score (nSPS) is 16.6. The largest absolute Gasteiger partial charge is 0.379 e. The van der Waals surface area contributed by atoms with Crippen LogP contribution in [-0.2, 0) is 4.74 Å². The Morgan fingerprint density at radius 3 is 2.55 bits per heavy atom. The monoisotopic (exact) mass is 537 g/mol. The van der Waals surface area contributed by atoms with Crippen molar-refractivity contribution in [3.63, 3.8) is 0 Å². The van der Waals surface area contributed by atoms with Crippen molar-refractivity contribution in [3.8, 4) is 0 Å². The second-order valence-corrected chi connectivity index (χ2v) is 11.2. The number of aromatic nitrogens is 1. The SMILES string of the molecule is Cc1cc2nc(N(CCCN3CCOCC3)C(=O)c3ccc(N4CCCCC4)c([N+](=O)[O-])c3)sc2cc1C. The lowest BCUT2D eigenvalue weighted by Gasteiger charge is -2.29. The van der Waals surface area contributed by atoms with E-state index in [2.05, 4.69) is 35.8 Å². The van der Waals surface area contributed by atoms with Crippen molar-refractivity contribution in [2.75, 3.05) is 62.3 Å². The number of hydrogen-bond acceptors (Lipinski definition) is 8. The fraction of sp³-hybridized carbons (Fsp3) is 0.500. The molecule has 0 N–H and O–H groups in total. The predicted molar refractivity (Wildman–Crippen MR) is 152 cm³/mol. The minimum atomic E-state index is -0.368. The zero-order valence-corrected chi connectivity index (χ0v) is 23.0. The third-order valence-electron chi connectivity index (χ3n) is 7.54. The third kappa shape index (κ3) is 5.82. The molecule has 2 aliphatic heterocycles. The number of amides is 1. The summed E-state index contributed by atoms with van der Waals surface area (Å²) in [5.74, 6) is -0.257. The highest BCUT2D eigenvalue weighted by Crippen LogP contribution is 2.34. The maximum Gasteiger partial charge on any atom is 0.293 e. The number of anilines is 2. The molecule has 1 amide bonds. The molecule has 0 saturated carbocycles. The zero-order chi connectivity index (χ0) is 26.6. The Balaban J connectivity index is 1.44. The van der Waals surface area contributed by atoms with Crippen molar-refractivity contribution < 1.29 is 14.5 Å². The van der Waals surface area contributed by atoms with Crippen LogP contribution in [0.1, 0.15) is 47.2 Å². The number of carbonyl (C=O) groups excluding carboxylic acids is 1. The Morgan fingerprint density at radius 2 is 1.82 bits per heavy atom. The number of rotatable bonds is 8. The Labute approximate surface area is 227 Å². The van der Waals surface area contributed by atoms with Gasteiger partial charge in [0.15, 0.2) is 5.13 Å². The second kappa shape index (κ2) is 11.8. The fourth-order valence-electron chi connectivity index (χ4n) is 5.21. The van der Waals surface area contributed by atoms with E-state index < -0.39 is 0 Å². The molecule has 0 atom stereocenters. The molecule has 0 unspecified atom stereocenters. The highest BCUT2D eigenvalue weighted by molar-refractivity contribution is 7.22. The van der Waals surface area contributed by atoms with E-state index in [-0.39, 0.29) is 16.5 Å². The first-order chi connectivity index (χ1) is 18.4. The van der Waals surface area contributed by atoms with Crippen molar-refractivity contribution in [1.82, 2.24) is 9.88 Å². The molecule has 9 nitrogen and oxygen atoms in total. The number of nitro groups is 1. The molecule has 0 aliphatic carbocycles. The third-order valence-corrected chi connectivity index (χ3v) is 8.59. The summed E-state index contributed by atoms with van der Waals surface area (Å²) in [5, 5.41) is 12.7. The number of piperidine rings is 1. The van der Waals surface area contributed by atoms with Gasteiger partial charge in [-0.15, -0.1) is 0 Å². The minimum absolute atomic E-state index is 0.0124. The molecule has 202 valence electrons. The summed E-state index contributed by atoms with van der Waals surface area (Å²) in [6, 6.07) is 9.09. The molecule has 3 heterocycles. The average Bonchev–Trinajstić information content (AvgIpc) is 3.33. The van der Waals surface area contributed by atoms with E-state index in [4.69, 9.17) is 9.72 Å². The van der Waals surface area contributed by atoms with Gasteiger partial charge in [0.2, 0.25) is 0 Å². The molecule has 5 rings (SSSR count). The van der Waals surface area contributed by atoms with E-state index in [0.717, 1.165) is 87.4 Å². The van der Waals surface area contributed by atoms with Crippen LogP contribution in [0.3, 0.4) is 0 Å². The maximum atomic E-state index is 13.9. The predicted octanol–water partition coefficient (Wildman–Crippen LogP) is 5.18. The van der Waals surface area contributed by atoms with E-state index in [9.17, 15) is 14.9 Å². The first-order valence-electron chi connectivity index (χ1n) is 13.4. The first-order valence-corrected chi connectivity index (χ1v) is 14.3. The van der Waals surface area contributed by atoms with Crippen LogP contribution in [0, 0.1) is 24.0 Å². The van der Waals surface area contributed by atoms with E-state index in [0.29, 0.717) is 22.9 Å². The lowest BCUT2D eigenvalue weighted by molar-refractivity contribution is -0.384. The molecule has 1 aromatic heterocycles. The lowest BCUT2D eigenvalue weighted by Crippen LogP contribution is -2.39. The number of ether oxygens (including phenoxy) is 1. The van der Waals surface area contributed by atoms with Gasteiger partial charge in [-0.2, -0.15) is 0 Å². The van der Waals surface area contributed by atoms with Crippen LogP contribution in [0.15, 0.2) is 30.3 Å². The molecule has 0 spiro atoms. The van der Waals surface area contributed by atoms with Crippen LogP contribution >= 0.6 is 11.3 Å². The van der Waals surface area contributed by atoms with Crippen molar-refractivity contribution >= 4 is 44.0 Å².